The standard InChI is InChI=1S/C19H28N4OS/c1-15-8-12-23(13-9-15)11-5-10-20-19(24)22(2)14-18-21-16-6-3-4-7-17(16)25-18/h3-4,6-7,15H,5,8-14H2,1-2H3,(H,20,24). The first-order valence-corrected chi connectivity index (χ1v) is 9.99. The number of nitrogens with zero attached hydrogens (tertiary/aromatic N) is 3. The molecule has 136 valence electrons. The van der Waals surface area contributed by atoms with Crippen molar-refractivity contribution in [3.8, 4) is 0 Å². The van der Waals surface area contributed by atoms with Gasteiger partial charge in [0.25, 0.3) is 0 Å². The Morgan fingerprint density at radius 2 is 2.12 bits per heavy atom. The lowest BCUT2D eigenvalue weighted by Gasteiger charge is -2.30. The van der Waals surface area contributed by atoms with Gasteiger partial charge in [0.1, 0.15) is 5.01 Å². The van der Waals surface area contributed by atoms with Gasteiger partial charge in [-0.3, -0.25) is 0 Å². The van der Waals surface area contributed by atoms with Crippen molar-refractivity contribution in [1.29, 1.82) is 0 Å². The van der Waals surface area contributed by atoms with Crippen LogP contribution in [0, 0.1) is 5.92 Å². The average Bonchev–Trinajstić information content (AvgIpc) is 3.02. The molecule has 2 amide bonds. The molecular formula is C19H28N4OS. The van der Waals surface area contributed by atoms with Crippen molar-refractivity contribution in [1.82, 2.24) is 20.1 Å². The van der Waals surface area contributed by atoms with E-state index in [1.54, 1.807) is 16.2 Å². The molecule has 1 fully saturated rings. The molecule has 3 rings (SSSR count). The van der Waals surface area contributed by atoms with Crippen molar-refractivity contribution in [2.24, 2.45) is 5.92 Å². The fraction of sp³-hybridized carbons (Fsp3) is 0.579. The first-order chi connectivity index (χ1) is 12.1. The number of fused-ring (bicyclic) bond motifs is 1. The van der Waals surface area contributed by atoms with Crippen molar-refractivity contribution in [2.45, 2.75) is 32.7 Å². The number of hydrogen-bond donors (Lipinski definition) is 1. The van der Waals surface area contributed by atoms with E-state index in [1.807, 2.05) is 25.2 Å². The molecule has 1 aromatic carbocycles. The highest BCUT2D eigenvalue weighted by atomic mass is 32.1. The molecule has 0 spiro atoms. The van der Waals surface area contributed by atoms with Crippen molar-refractivity contribution in [3.05, 3.63) is 29.3 Å². The van der Waals surface area contributed by atoms with Gasteiger partial charge >= 0.3 is 6.03 Å². The van der Waals surface area contributed by atoms with Crippen LogP contribution >= 0.6 is 11.3 Å². The summed E-state index contributed by atoms with van der Waals surface area (Å²) < 4.78 is 1.17. The lowest BCUT2D eigenvalue weighted by molar-refractivity contribution is 0.187. The number of likely N-dealkylation sites (tertiary alicyclic amines) is 1. The van der Waals surface area contributed by atoms with Crippen LogP contribution < -0.4 is 5.32 Å². The maximum absolute atomic E-state index is 12.2. The molecule has 0 aliphatic carbocycles. The first kappa shape index (κ1) is 18.1. The van der Waals surface area contributed by atoms with Crippen molar-refractivity contribution in [3.63, 3.8) is 0 Å². The molecule has 0 unspecified atom stereocenters. The molecule has 0 saturated carbocycles. The van der Waals surface area contributed by atoms with Crippen LogP contribution in [0.1, 0.15) is 31.2 Å². The molecule has 1 N–H and O–H groups in total. The van der Waals surface area contributed by atoms with E-state index >= 15 is 0 Å². The van der Waals surface area contributed by atoms with E-state index in [1.165, 1.54) is 30.6 Å². The van der Waals surface area contributed by atoms with Crippen LogP contribution in [0.25, 0.3) is 10.2 Å². The van der Waals surface area contributed by atoms with Crippen LogP contribution in [-0.2, 0) is 6.54 Å². The molecule has 0 bridgehead atoms. The third-order valence-corrected chi connectivity index (χ3v) is 5.88. The second kappa shape index (κ2) is 8.63. The van der Waals surface area contributed by atoms with Crippen LogP contribution in [0.2, 0.25) is 0 Å². The Hall–Kier alpha value is -1.66. The minimum absolute atomic E-state index is 0.0217. The fourth-order valence-corrected chi connectivity index (χ4v) is 4.20. The topological polar surface area (TPSA) is 48.5 Å². The number of amides is 2. The molecule has 1 saturated heterocycles. The van der Waals surface area contributed by atoms with Crippen molar-refractivity contribution >= 4 is 27.6 Å². The monoisotopic (exact) mass is 360 g/mol. The molecule has 0 radical (unpaired) electrons. The summed E-state index contributed by atoms with van der Waals surface area (Å²) in [5.41, 5.74) is 1.01. The largest absolute Gasteiger partial charge is 0.338 e. The molecule has 6 heteroatoms. The maximum Gasteiger partial charge on any atom is 0.317 e. The smallest absolute Gasteiger partial charge is 0.317 e. The van der Waals surface area contributed by atoms with Gasteiger partial charge in [0.2, 0.25) is 0 Å². The molecule has 1 aliphatic rings. The number of para-hydroxylation sites is 1. The second-order valence-corrected chi connectivity index (χ2v) is 8.16. The summed E-state index contributed by atoms with van der Waals surface area (Å²) in [6.07, 6.45) is 3.61. The highest BCUT2D eigenvalue weighted by Crippen LogP contribution is 2.22. The molecule has 0 atom stereocenters. The summed E-state index contributed by atoms with van der Waals surface area (Å²) in [5.74, 6) is 0.868. The van der Waals surface area contributed by atoms with E-state index in [9.17, 15) is 4.79 Å². The maximum atomic E-state index is 12.2. The van der Waals surface area contributed by atoms with Crippen LogP contribution in [-0.4, -0.2) is 54.0 Å². The summed E-state index contributed by atoms with van der Waals surface area (Å²) in [7, 11) is 1.83. The van der Waals surface area contributed by atoms with Crippen LogP contribution in [0.4, 0.5) is 4.79 Å². The predicted molar refractivity (Wildman–Crippen MR) is 104 cm³/mol. The Kier molecular flexibility index (Phi) is 6.26. The summed E-state index contributed by atoms with van der Waals surface area (Å²) in [4.78, 5) is 21.0. The summed E-state index contributed by atoms with van der Waals surface area (Å²) >= 11 is 1.65. The number of thiazole rings is 1. The van der Waals surface area contributed by atoms with Gasteiger partial charge in [-0.05, 0) is 56.9 Å². The Bertz CT molecular complexity index is 661. The lowest BCUT2D eigenvalue weighted by atomic mass is 9.99. The number of piperidine rings is 1. The lowest BCUT2D eigenvalue weighted by Crippen LogP contribution is -2.39. The SMILES string of the molecule is CC1CCN(CCCNC(=O)N(C)Cc2nc3ccccc3s2)CC1. The summed E-state index contributed by atoms with van der Waals surface area (Å²) in [6, 6.07) is 8.07. The van der Waals surface area contributed by atoms with E-state index in [2.05, 4.69) is 28.2 Å². The Morgan fingerprint density at radius 1 is 1.36 bits per heavy atom. The minimum atomic E-state index is -0.0217. The second-order valence-electron chi connectivity index (χ2n) is 7.04. The van der Waals surface area contributed by atoms with Crippen molar-refractivity contribution in [2.75, 3.05) is 33.2 Å². The third-order valence-electron chi connectivity index (χ3n) is 4.86. The van der Waals surface area contributed by atoms with Gasteiger partial charge in [-0.1, -0.05) is 19.1 Å². The molecule has 2 heterocycles. The predicted octanol–water partition coefficient (Wildman–Crippen LogP) is 3.56. The van der Waals surface area contributed by atoms with Crippen molar-refractivity contribution < 1.29 is 4.79 Å². The first-order valence-electron chi connectivity index (χ1n) is 9.17. The quantitative estimate of drug-likeness (QED) is 0.801. The molecule has 1 aliphatic heterocycles. The van der Waals surface area contributed by atoms with E-state index < -0.39 is 0 Å². The van der Waals surface area contributed by atoms with Crippen LogP contribution in [0.15, 0.2) is 24.3 Å². The summed E-state index contributed by atoms with van der Waals surface area (Å²) in [5, 5.41) is 4.00. The van der Waals surface area contributed by atoms with Gasteiger partial charge in [-0.2, -0.15) is 0 Å². The van der Waals surface area contributed by atoms with Crippen LogP contribution in [0.5, 0.6) is 0 Å². The minimum Gasteiger partial charge on any atom is -0.338 e. The van der Waals surface area contributed by atoms with Gasteiger partial charge in [-0.25, -0.2) is 9.78 Å². The van der Waals surface area contributed by atoms with Gasteiger partial charge in [0.05, 0.1) is 16.8 Å². The zero-order valence-corrected chi connectivity index (χ0v) is 16.0. The zero-order valence-electron chi connectivity index (χ0n) is 15.2. The molecule has 5 nitrogen and oxygen atoms in total. The number of nitrogens with one attached hydrogen (secondary N) is 1. The average molecular weight is 361 g/mol. The van der Waals surface area contributed by atoms with E-state index in [0.717, 1.165) is 36.0 Å². The number of urea groups is 1. The van der Waals surface area contributed by atoms with E-state index in [-0.39, 0.29) is 6.03 Å². The van der Waals surface area contributed by atoms with E-state index in [4.69, 9.17) is 0 Å². The number of rotatable bonds is 6. The zero-order chi connectivity index (χ0) is 17.6. The van der Waals surface area contributed by atoms with Crippen LogP contribution in [0.3, 0.4) is 0 Å². The fourth-order valence-electron chi connectivity index (χ4n) is 3.18. The Balaban J connectivity index is 1.37. The normalized spacial score (nSPS) is 16.2. The highest BCUT2D eigenvalue weighted by molar-refractivity contribution is 7.18. The van der Waals surface area contributed by atoms with Gasteiger partial charge in [0.15, 0.2) is 0 Å². The number of benzene rings is 1. The molecule has 2 aromatic rings. The number of aromatic nitrogens is 1. The van der Waals surface area contributed by atoms with E-state index in [0.29, 0.717) is 6.54 Å². The highest BCUT2D eigenvalue weighted by Gasteiger charge is 2.15. The number of hydrogen-bond acceptors (Lipinski definition) is 4. The summed E-state index contributed by atoms with van der Waals surface area (Å²) in [6.45, 7) is 7.09. The Labute approximate surface area is 154 Å². The molecular weight excluding hydrogens is 332 g/mol. The van der Waals surface area contributed by atoms with Gasteiger partial charge < -0.3 is 15.1 Å². The molecule has 25 heavy (non-hydrogen) atoms. The number of carbonyl (C=O) groups excluding carboxylic acids is 1. The number of carbonyl (C=O) groups is 1. The van der Waals surface area contributed by atoms with Gasteiger partial charge in [0, 0.05) is 13.6 Å². The molecule has 1 aromatic heterocycles. The Morgan fingerprint density at radius 3 is 2.88 bits per heavy atom. The third kappa shape index (κ3) is 5.16. The van der Waals surface area contributed by atoms with Gasteiger partial charge in [-0.15, -0.1) is 11.3 Å².